The van der Waals surface area contributed by atoms with Crippen molar-refractivity contribution in [2.24, 2.45) is 0 Å². The van der Waals surface area contributed by atoms with Crippen LogP contribution in [0, 0.1) is 0 Å². The SMILES string of the molecule is FC(F)(F)c1ccc(-c2nnc(N3CCc4[nH]cnc4[C@H]3c3cc4cccc(C(F)(F)F)n4n3)o2)nc1. The van der Waals surface area contributed by atoms with Crippen molar-refractivity contribution in [2.75, 3.05) is 11.4 Å². The molecule has 0 radical (unpaired) electrons. The summed E-state index contributed by atoms with van der Waals surface area (Å²) in [5.41, 5.74) is -0.0419. The molecule has 6 heterocycles. The smallest absolute Gasteiger partial charge is 0.402 e. The zero-order valence-electron chi connectivity index (χ0n) is 18.4. The van der Waals surface area contributed by atoms with Gasteiger partial charge in [-0.25, -0.2) is 9.50 Å². The van der Waals surface area contributed by atoms with Gasteiger partial charge in [-0.3, -0.25) is 4.98 Å². The number of fused-ring (bicyclic) bond motifs is 2. The predicted molar refractivity (Wildman–Crippen MR) is 114 cm³/mol. The zero-order chi connectivity index (χ0) is 25.9. The number of rotatable bonds is 3. The second kappa shape index (κ2) is 8.04. The second-order valence-electron chi connectivity index (χ2n) is 8.25. The Hall–Kier alpha value is -4.43. The number of nitrogens with one attached hydrogen (secondary N) is 1. The van der Waals surface area contributed by atoms with E-state index in [1.54, 1.807) is 4.90 Å². The van der Waals surface area contributed by atoms with E-state index in [0.29, 0.717) is 24.9 Å². The van der Waals surface area contributed by atoms with Crippen LogP contribution in [0.1, 0.15) is 34.4 Å². The maximum atomic E-state index is 13.6. The number of anilines is 1. The molecule has 0 aromatic carbocycles. The normalized spacial score (nSPS) is 16.4. The number of pyridine rings is 2. The van der Waals surface area contributed by atoms with Crippen molar-refractivity contribution in [3.8, 4) is 11.6 Å². The van der Waals surface area contributed by atoms with E-state index < -0.39 is 29.7 Å². The third kappa shape index (κ3) is 3.95. The molecule has 15 heteroatoms. The van der Waals surface area contributed by atoms with Crippen LogP contribution in [0.25, 0.3) is 17.1 Å². The van der Waals surface area contributed by atoms with E-state index >= 15 is 0 Å². The molecular weight excluding hydrogens is 506 g/mol. The molecule has 6 rings (SSSR count). The highest BCUT2D eigenvalue weighted by Gasteiger charge is 2.38. The van der Waals surface area contributed by atoms with Gasteiger partial charge < -0.3 is 14.3 Å². The van der Waals surface area contributed by atoms with Gasteiger partial charge in [0.15, 0.2) is 0 Å². The number of halogens is 6. The molecule has 0 amide bonds. The number of nitrogens with zero attached hydrogens (tertiary/aromatic N) is 7. The highest BCUT2D eigenvalue weighted by atomic mass is 19.4. The molecule has 0 spiro atoms. The Labute approximate surface area is 202 Å². The predicted octanol–water partition coefficient (Wildman–Crippen LogP) is 4.69. The van der Waals surface area contributed by atoms with Crippen molar-refractivity contribution in [1.29, 1.82) is 0 Å². The molecule has 1 atom stereocenters. The van der Waals surface area contributed by atoms with Gasteiger partial charge in [-0.05, 0) is 30.3 Å². The standard InChI is InChI=1S/C22H14F6N8O/c23-21(24,25)11-4-5-14(29-9-11)19-32-33-20(37-19)35-7-6-13-17(31-10-30-13)18(35)15-8-12-2-1-3-16(22(26,27)28)36(12)34-15/h1-5,8-10,18H,6-7H2,(H,30,31)/t18-/m1/s1. The highest BCUT2D eigenvalue weighted by molar-refractivity contribution is 5.54. The van der Waals surface area contributed by atoms with Gasteiger partial charge in [0.25, 0.3) is 5.89 Å². The summed E-state index contributed by atoms with van der Waals surface area (Å²) in [7, 11) is 0. The van der Waals surface area contributed by atoms with E-state index in [1.165, 1.54) is 24.5 Å². The summed E-state index contributed by atoms with van der Waals surface area (Å²) in [6, 6.07) is 6.43. The lowest BCUT2D eigenvalue weighted by Crippen LogP contribution is -2.37. The van der Waals surface area contributed by atoms with Gasteiger partial charge in [0.2, 0.25) is 0 Å². The highest BCUT2D eigenvalue weighted by Crippen LogP contribution is 2.38. The van der Waals surface area contributed by atoms with E-state index in [1.807, 2.05) is 0 Å². The van der Waals surface area contributed by atoms with Crippen molar-refractivity contribution in [2.45, 2.75) is 24.8 Å². The Morgan fingerprint density at radius 1 is 0.973 bits per heavy atom. The number of hydrogen-bond acceptors (Lipinski definition) is 7. The monoisotopic (exact) mass is 520 g/mol. The van der Waals surface area contributed by atoms with Crippen LogP contribution in [0.3, 0.4) is 0 Å². The molecule has 1 aliphatic rings. The summed E-state index contributed by atoms with van der Waals surface area (Å²) in [5, 5.41) is 12.2. The van der Waals surface area contributed by atoms with E-state index in [4.69, 9.17) is 4.42 Å². The minimum absolute atomic E-state index is 0.0107. The van der Waals surface area contributed by atoms with Crippen LogP contribution in [0.5, 0.6) is 0 Å². The van der Waals surface area contributed by atoms with Crippen LogP contribution in [-0.4, -0.2) is 41.3 Å². The van der Waals surface area contributed by atoms with Crippen LogP contribution in [0.4, 0.5) is 32.4 Å². The fourth-order valence-electron chi connectivity index (χ4n) is 4.29. The number of imidazole rings is 1. The minimum Gasteiger partial charge on any atom is -0.402 e. The van der Waals surface area contributed by atoms with Crippen LogP contribution in [-0.2, 0) is 18.8 Å². The molecule has 0 bridgehead atoms. The zero-order valence-corrected chi connectivity index (χ0v) is 18.4. The summed E-state index contributed by atoms with van der Waals surface area (Å²) in [6.45, 7) is 0.321. The van der Waals surface area contributed by atoms with Crippen LogP contribution < -0.4 is 4.90 Å². The number of aromatic amines is 1. The molecule has 190 valence electrons. The first-order valence-electron chi connectivity index (χ1n) is 10.8. The third-order valence-corrected chi connectivity index (χ3v) is 5.97. The molecule has 0 saturated heterocycles. The Balaban J connectivity index is 1.40. The molecular formula is C22H14F6N8O. The minimum atomic E-state index is -4.62. The Kier molecular flexibility index (Phi) is 5.00. The number of aromatic nitrogens is 7. The average Bonchev–Trinajstić information content (AvgIpc) is 3.61. The summed E-state index contributed by atoms with van der Waals surface area (Å²) in [6.07, 6.45) is -6.54. The second-order valence-corrected chi connectivity index (χ2v) is 8.25. The van der Waals surface area contributed by atoms with Crippen LogP contribution >= 0.6 is 0 Å². The fourth-order valence-corrected chi connectivity index (χ4v) is 4.29. The lowest BCUT2D eigenvalue weighted by atomic mass is 10.0. The van der Waals surface area contributed by atoms with Gasteiger partial charge in [0.05, 0.1) is 28.8 Å². The van der Waals surface area contributed by atoms with Crippen molar-refractivity contribution >= 4 is 11.5 Å². The first-order chi connectivity index (χ1) is 17.6. The first-order valence-corrected chi connectivity index (χ1v) is 10.8. The van der Waals surface area contributed by atoms with Gasteiger partial charge in [-0.1, -0.05) is 11.2 Å². The Bertz CT molecular complexity index is 1580. The molecule has 5 aromatic rings. The number of alkyl halides is 6. The molecule has 0 unspecified atom stereocenters. The quantitative estimate of drug-likeness (QED) is 0.345. The molecule has 0 saturated carbocycles. The maximum Gasteiger partial charge on any atom is 0.433 e. The number of H-pyrrole nitrogens is 1. The van der Waals surface area contributed by atoms with Crippen molar-refractivity contribution in [3.05, 3.63) is 77.3 Å². The molecule has 9 nitrogen and oxygen atoms in total. The molecule has 1 aliphatic heterocycles. The molecule has 5 aromatic heterocycles. The van der Waals surface area contributed by atoms with Crippen LogP contribution in [0.2, 0.25) is 0 Å². The van der Waals surface area contributed by atoms with Gasteiger partial charge >= 0.3 is 18.4 Å². The summed E-state index contributed by atoms with van der Waals surface area (Å²) >= 11 is 0. The molecule has 0 fully saturated rings. The summed E-state index contributed by atoms with van der Waals surface area (Å²) < 4.78 is 85.8. The molecule has 37 heavy (non-hydrogen) atoms. The maximum absolute atomic E-state index is 13.6. The molecule has 0 aliphatic carbocycles. The average molecular weight is 520 g/mol. The lowest BCUT2D eigenvalue weighted by molar-refractivity contribution is -0.142. The van der Waals surface area contributed by atoms with E-state index in [-0.39, 0.29) is 28.8 Å². The Morgan fingerprint density at radius 3 is 2.54 bits per heavy atom. The van der Waals surface area contributed by atoms with Crippen molar-refractivity contribution in [3.63, 3.8) is 0 Å². The van der Waals surface area contributed by atoms with Gasteiger partial charge in [0.1, 0.15) is 17.4 Å². The first kappa shape index (κ1) is 23.0. The van der Waals surface area contributed by atoms with Gasteiger partial charge in [-0.2, -0.15) is 31.4 Å². The van der Waals surface area contributed by atoms with Crippen LogP contribution in [0.15, 0.2) is 53.3 Å². The van der Waals surface area contributed by atoms with E-state index in [0.717, 1.165) is 28.4 Å². The lowest BCUT2D eigenvalue weighted by Gasteiger charge is -2.32. The fraction of sp³-hybridized carbons (Fsp3) is 0.227. The molecule has 1 N–H and O–H groups in total. The van der Waals surface area contributed by atoms with Gasteiger partial charge in [-0.15, -0.1) is 5.10 Å². The van der Waals surface area contributed by atoms with Crippen molar-refractivity contribution in [1.82, 2.24) is 34.8 Å². The Morgan fingerprint density at radius 2 is 1.81 bits per heavy atom. The summed E-state index contributed by atoms with van der Waals surface area (Å²) in [5.74, 6) is -0.121. The third-order valence-electron chi connectivity index (χ3n) is 5.97. The van der Waals surface area contributed by atoms with Gasteiger partial charge in [0, 0.05) is 24.9 Å². The van der Waals surface area contributed by atoms with E-state index in [9.17, 15) is 26.3 Å². The van der Waals surface area contributed by atoms with E-state index in [2.05, 4.69) is 30.2 Å². The topological polar surface area (TPSA) is 101 Å². The summed E-state index contributed by atoms with van der Waals surface area (Å²) in [4.78, 5) is 12.8. The number of hydrogen-bond donors (Lipinski definition) is 1. The largest absolute Gasteiger partial charge is 0.433 e. The van der Waals surface area contributed by atoms with Crippen molar-refractivity contribution < 1.29 is 30.8 Å².